The van der Waals surface area contributed by atoms with Crippen LogP contribution >= 0.6 is 11.3 Å². The highest BCUT2D eigenvalue weighted by atomic mass is 32.1. The standard InChI is InChI=1S/C17H22N2S/c1-19(13-17-6-3-9-20-17)12-15-5-2-4-14(10-15)11-18-16-7-8-16/h2-6,9-10,16,18H,7-8,11-13H2,1H3. The Morgan fingerprint density at radius 3 is 2.75 bits per heavy atom. The molecule has 0 spiro atoms. The molecule has 0 amide bonds. The minimum absolute atomic E-state index is 0.778. The van der Waals surface area contributed by atoms with Crippen molar-refractivity contribution >= 4 is 11.3 Å². The Morgan fingerprint density at radius 2 is 2.00 bits per heavy atom. The topological polar surface area (TPSA) is 15.3 Å². The van der Waals surface area contributed by atoms with E-state index in [9.17, 15) is 0 Å². The van der Waals surface area contributed by atoms with E-state index in [1.165, 1.54) is 28.8 Å². The Morgan fingerprint density at radius 1 is 1.15 bits per heavy atom. The van der Waals surface area contributed by atoms with Gasteiger partial charge in [-0.3, -0.25) is 4.90 Å². The van der Waals surface area contributed by atoms with Crippen molar-refractivity contribution < 1.29 is 0 Å². The van der Waals surface area contributed by atoms with E-state index < -0.39 is 0 Å². The quantitative estimate of drug-likeness (QED) is 0.836. The summed E-state index contributed by atoms with van der Waals surface area (Å²) in [5.41, 5.74) is 2.80. The zero-order valence-corrected chi connectivity index (χ0v) is 12.8. The third-order valence-corrected chi connectivity index (χ3v) is 4.48. The van der Waals surface area contributed by atoms with Crippen LogP contribution in [0.25, 0.3) is 0 Å². The molecule has 3 heteroatoms. The van der Waals surface area contributed by atoms with Crippen LogP contribution in [-0.2, 0) is 19.6 Å². The van der Waals surface area contributed by atoms with Crippen LogP contribution in [0.5, 0.6) is 0 Å². The molecule has 1 aliphatic carbocycles. The first-order valence-electron chi connectivity index (χ1n) is 7.32. The number of hydrogen-bond donors (Lipinski definition) is 1. The molecule has 0 atom stereocenters. The Balaban J connectivity index is 1.54. The minimum Gasteiger partial charge on any atom is -0.310 e. The molecule has 0 bridgehead atoms. The number of thiophene rings is 1. The molecule has 1 aromatic carbocycles. The molecule has 1 saturated carbocycles. The number of nitrogens with zero attached hydrogens (tertiary/aromatic N) is 1. The van der Waals surface area contributed by atoms with Crippen molar-refractivity contribution in [2.24, 2.45) is 0 Å². The van der Waals surface area contributed by atoms with Crippen molar-refractivity contribution in [3.05, 3.63) is 57.8 Å². The van der Waals surface area contributed by atoms with Gasteiger partial charge in [0, 0.05) is 30.6 Å². The first kappa shape index (κ1) is 13.8. The predicted octanol–water partition coefficient (Wildman–Crippen LogP) is 3.63. The molecule has 1 aliphatic rings. The Hall–Kier alpha value is -1.16. The molecule has 1 fully saturated rings. The molecule has 1 N–H and O–H groups in total. The largest absolute Gasteiger partial charge is 0.310 e. The lowest BCUT2D eigenvalue weighted by Crippen LogP contribution is -2.18. The first-order chi connectivity index (χ1) is 9.79. The molecular formula is C17H22N2S. The maximum atomic E-state index is 3.58. The molecule has 0 unspecified atom stereocenters. The van der Waals surface area contributed by atoms with Crippen LogP contribution in [0.4, 0.5) is 0 Å². The van der Waals surface area contributed by atoms with Gasteiger partial charge in [0.2, 0.25) is 0 Å². The lowest BCUT2D eigenvalue weighted by Gasteiger charge is -2.16. The van der Waals surface area contributed by atoms with E-state index in [4.69, 9.17) is 0 Å². The van der Waals surface area contributed by atoms with Gasteiger partial charge in [-0.15, -0.1) is 11.3 Å². The van der Waals surface area contributed by atoms with Gasteiger partial charge in [0.1, 0.15) is 0 Å². The summed E-state index contributed by atoms with van der Waals surface area (Å²) < 4.78 is 0. The fourth-order valence-corrected chi connectivity index (χ4v) is 3.21. The summed E-state index contributed by atoms with van der Waals surface area (Å²) in [6, 6.07) is 14.1. The lowest BCUT2D eigenvalue weighted by molar-refractivity contribution is 0.322. The monoisotopic (exact) mass is 286 g/mol. The Bertz CT molecular complexity index is 532. The maximum Gasteiger partial charge on any atom is 0.0328 e. The zero-order chi connectivity index (χ0) is 13.8. The third-order valence-electron chi connectivity index (χ3n) is 3.62. The van der Waals surface area contributed by atoms with E-state index in [2.05, 4.69) is 59.0 Å². The minimum atomic E-state index is 0.778. The van der Waals surface area contributed by atoms with Crippen molar-refractivity contribution in [3.63, 3.8) is 0 Å². The van der Waals surface area contributed by atoms with Crippen LogP contribution in [0, 0.1) is 0 Å². The summed E-state index contributed by atoms with van der Waals surface area (Å²) >= 11 is 1.83. The average molecular weight is 286 g/mol. The van der Waals surface area contributed by atoms with Gasteiger partial charge in [0.25, 0.3) is 0 Å². The van der Waals surface area contributed by atoms with Gasteiger partial charge in [-0.25, -0.2) is 0 Å². The van der Waals surface area contributed by atoms with E-state index >= 15 is 0 Å². The molecule has 0 radical (unpaired) electrons. The molecule has 2 aromatic rings. The highest BCUT2D eigenvalue weighted by Gasteiger charge is 2.19. The predicted molar refractivity (Wildman–Crippen MR) is 85.8 cm³/mol. The summed E-state index contributed by atoms with van der Waals surface area (Å²) in [5, 5.41) is 5.72. The molecular weight excluding hydrogens is 264 g/mol. The highest BCUT2D eigenvalue weighted by molar-refractivity contribution is 7.09. The molecule has 1 heterocycles. The van der Waals surface area contributed by atoms with Gasteiger partial charge in [0.15, 0.2) is 0 Å². The smallest absolute Gasteiger partial charge is 0.0328 e. The SMILES string of the molecule is CN(Cc1cccc(CNC2CC2)c1)Cc1cccs1. The summed E-state index contributed by atoms with van der Waals surface area (Å²) in [5.74, 6) is 0. The van der Waals surface area contributed by atoms with Crippen LogP contribution in [0.15, 0.2) is 41.8 Å². The maximum absolute atomic E-state index is 3.58. The number of nitrogens with one attached hydrogen (secondary N) is 1. The second kappa shape index (κ2) is 6.53. The first-order valence-corrected chi connectivity index (χ1v) is 8.20. The van der Waals surface area contributed by atoms with Crippen molar-refractivity contribution in [1.29, 1.82) is 0 Å². The summed E-state index contributed by atoms with van der Waals surface area (Å²) in [6.45, 7) is 3.05. The van der Waals surface area contributed by atoms with Crippen molar-refractivity contribution in [2.45, 2.75) is 38.5 Å². The van der Waals surface area contributed by atoms with Gasteiger partial charge in [0.05, 0.1) is 0 Å². The molecule has 3 rings (SSSR count). The fraction of sp³-hybridized carbons (Fsp3) is 0.412. The third kappa shape index (κ3) is 4.17. The Labute approximate surface area is 125 Å². The van der Waals surface area contributed by atoms with Crippen LogP contribution < -0.4 is 5.32 Å². The normalized spacial score (nSPS) is 14.9. The summed E-state index contributed by atoms with van der Waals surface area (Å²) in [6.07, 6.45) is 2.70. The molecule has 0 aliphatic heterocycles. The number of rotatable bonds is 7. The van der Waals surface area contributed by atoms with Gasteiger partial charge in [-0.05, 0) is 42.5 Å². The van der Waals surface area contributed by atoms with E-state index in [-0.39, 0.29) is 0 Å². The molecule has 106 valence electrons. The van der Waals surface area contributed by atoms with Crippen molar-refractivity contribution in [3.8, 4) is 0 Å². The molecule has 1 aromatic heterocycles. The zero-order valence-electron chi connectivity index (χ0n) is 12.0. The average Bonchev–Trinajstić information content (AvgIpc) is 3.14. The molecule has 2 nitrogen and oxygen atoms in total. The van der Waals surface area contributed by atoms with Crippen molar-refractivity contribution in [2.75, 3.05) is 7.05 Å². The van der Waals surface area contributed by atoms with Gasteiger partial charge in [-0.2, -0.15) is 0 Å². The van der Waals surface area contributed by atoms with Crippen LogP contribution in [0.3, 0.4) is 0 Å². The number of hydrogen-bond acceptors (Lipinski definition) is 3. The van der Waals surface area contributed by atoms with Gasteiger partial charge >= 0.3 is 0 Å². The second-order valence-corrected chi connectivity index (χ2v) is 6.76. The second-order valence-electron chi connectivity index (χ2n) is 5.73. The van der Waals surface area contributed by atoms with E-state index in [1.54, 1.807) is 0 Å². The number of benzene rings is 1. The van der Waals surface area contributed by atoms with Crippen molar-refractivity contribution in [1.82, 2.24) is 10.2 Å². The summed E-state index contributed by atoms with van der Waals surface area (Å²) in [7, 11) is 2.19. The van der Waals surface area contributed by atoms with Gasteiger partial charge in [-0.1, -0.05) is 30.3 Å². The Kier molecular flexibility index (Phi) is 4.51. The fourth-order valence-electron chi connectivity index (χ4n) is 2.42. The van der Waals surface area contributed by atoms with Gasteiger partial charge < -0.3 is 5.32 Å². The summed E-state index contributed by atoms with van der Waals surface area (Å²) in [4.78, 5) is 3.80. The molecule has 0 saturated heterocycles. The van der Waals surface area contributed by atoms with E-state index in [0.29, 0.717) is 0 Å². The highest BCUT2D eigenvalue weighted by Crippen LogP contribution is 2.19. The van der Waals surface area contributed by atoms with E-state index in [1.807, 2.05) is 11.3 Å². The van der Waals surface area contributed by atoms with E-state index in [0.717, 1.165) is 25.7 Å². The molecule has 20 heavy (non-hydrogen) atoms. The van der Waals surface area contributed by atoms with Crippen LogP contribution in [0.2, 0.25) is 0 Å². The van der Waals surface area contributed by atoms with Crippen LogP contribution in [-0.4, -0.2) is 18.0 Å². The lowest BCUT2D eigenvalue weighted by atomic mass is 10.1. The van der Waals surface area contributed by atoms with Crippen LogP contribution in [0.1, 0.15) is 28.8 Å².